The Balaban J connectivity index is 1.77. The van der Waals surface area contributed by atoms with Crippen LogP contribution in [0.25, 0.3) is 0 Å². The largest absolute Gasteiger partial charge is 0.484 e. The van der Waals surface area contributed by atoms with Gasteiger partial charge in [-0.15, -0.1) is 0 Å². The number of piperidine rings is 1. The number of amides is 2. The van der Waals surface area contributed by atoms with E-state index in [9.17, 15) is 9.59 Å². The van der Waals surface area contributed by atoms with Crippen molar-refractivity contribution in [3.8, 4) is 11.8 Å². The summed E-state index contributed by atoms with van der Waals surface area (Å²) in [5.41, 5.74) is 0.543. The van der Waals surface area contributed by atoms with Crippen molar-refractivity contribution in [2.24, 2.45) is 0 Å². The number of ether oxygens (including phenoxy) is 1. The lowest BCUT2D eigenvalue weighted by molar-refractivity contribution is -0.134. The molecular weight excluding hydrogens is 270 g/mol. The molecule has 110 valence electrons. The first-order valence-electron chi connectivity index (χ1n) is 6.75. The molecule has 1 atom stereocenters. The molecule has 0 aromatic heterocycles. The van der Waals surface area contributed by atoms with E-state index in [-0.39, 0.29) is 24.5 Å². The van der Waals surface area contributed by atoms with E-state index >= 15 is 0 Å². The van der Waals surface area contributed by atoms with Gasteiger partial charge in [-0.05, 0) is 30.7 Å². The molecule has 1 unspecified atom stereocenters. The van der Waals surface area contributed by atoms with E-state index in [1.807, 2.05) is 6.07 Å². The third-order valence-corrected chi connectivity index (χ3v) is 3.35. The number of nitrogens with zero attached hydrogens (tertiary/aromatic N) is 2. The first kappa shape index (κ1) is 14.9. The minimum Gasteiger partial charge on any atom is -0.484 e. The van der Waals surface area contributed by atoms with Gasteiger partial charge in [-0.1, -0.05) is 0 Å². The number of hydrogen-bond donors (Lipinski definition) is 1. The minimum absolute atomic E-state index is 0.0234. The van der Waals surface area contributed by atoms with Crippen LogP contribution in [0.3, 0.4) is 0 Å². The van der Waals surface area contributed by atoms with Crippen molar-refractivity contribution in [1.82, 2.24) is 10.2 Å². The zero-order chi connectivity index (χ0) is 15.2. The molecule has 0 saturated carbocycles. The number of hydrogen-bond acceptors (Lipinski definition) is 4. The smallest absolute Gasteiger partial charge is 0.258 e. The normalized spacial score (nSPS) is 18.0. The van der Waals surface area contributed by atoms with Gasteiger partial charge >= 0.3 is 0 Å². The summed E-state index contributed by atoms with van der Waals surface area (Å²) in [7, 11) is 1.73. The highest BCUT2D eigenvalue weighted by Crippen LogP contribution is 2.12. The summed E-state index contributed by atoms with van der Waals surface area (Å²) in [6.45, 7) is 0.446. The molecule has 1 aliphatic heterocycles. The van der Waals surface area contributed by atoms with Crippen molar-refractivity contribution in [3.05, 3.63) is 29.8 Å². The highest BCUT2D eigenvalue weighted by molar-refractivity contribution is 5.79. The quantitative estimate of drug-likeness (QED) is 0.882. The number of nitriles is 1. The van der Waals surface area contributed by atoms with Crippen molar-refractivity contribution in [2.75, 3.05) is 20.2 Å². The molecule has 1 N–H and O–H groups in total. The van der Waals surface area contributed by atoms with Gasteiger partial charge in [-0.3, -0.25) is 9.59 Å². The summed E-state index contributed by atoms with van der Waals surface area (Å²) in [4.78, 5) is 24.8. The van der Waals surface area contributed by atoms with E-state index in [2.05, 4.69) is 5.32 Å². The predicted molar refractivity (Wildman–Crippen MR) is 75.5 cm³/mol. The number of likely N-dealkylation sites (tertiary alicyclic amines) is 1. The van der Waals surface area contributed by atoms with Gasteiger partial charge in [0.25, 0.3) is 5.91 Å². The van der Waals surface area contributed by atoms with Gasteiger partial charge in [0.15, 0.2) is 6.61 Å². The van der Waals surface area contributed by atoms with Crippen LogP contribution >= 0.6 is 0 Å². The summed E-state index contributed by atoms with van der Waals surface area (Å²) in [5.74, 6) is 0.432. The van der Waals surface area contributed by atoms with Gasteiger partial charge in [0, 0.05) is 26.1 Å². The van der Waals surface area contributed by atoms with Crippen LogP contribution < -0.4 is 10.1 Å². The standard InChI is InChI=1S/C15H17N3O3/c1-18-9-12(4-7-15(18)20)17-14(19)10-21-13-5-2-11(8-16)3-6-13/h2-3,5-6,12H,4,7,9-10H2,1H3,(H,17,19). The Kier molecular flexibility index (Phi) is 4.77. The molecule has 0 aliphatic carbocycles. The van der Waals surface area contributed by atoms with E-state index in [4.69, 9.17) is 10.00 Å². The van der Waals surface area contributed by atoms with Gasteiger partial charge in [-0.2, -0.15) is 5.26 Å². The lowest BCUT2D eigenvalue weighted by Gasteiger charge is -2.30. The zero-order valence-electron chi connectivity index (χ0n) is 11.8. The molecule has 1 fully saturated rings. The molecule has 0 radical (unpaired) electrons. The van der Waals surface area contributed by atoms with Crippen LogP contribution in [0.1, 0.15) is 18.4 Å². The number of nitrogens with one attached hydrogen (secondary N) is 1. The Labute approximate surface area is 123 Å². The van der Waals surface area contributed by atoms with E-state index in [1.54, 1.807) is 36.2 Å². The third kappa shape index (κ3) is 4.21. The van der Waals surface area contributed by atoms with Crippen molar-refractivity contribution in [1.29, 1.82) is 5.26 Å². The van der Waals surface area contributed by atoms with Crippen LogP contribution in [-0.4, -0.2) is 43.0 Å². The van der Waals surface area contributed by atoms with Gasteiger partial charge < -0.3 is 15.0 Å². The molecule has 0 bridgehead atoms. The van der Waals surface area contributed by atoms with Crippen LogP contribution in [0.15, 0.2) is 24.3 Å². The second-order valence-electron chi connectivity index (χ2n) is 5.00. The van der Waals surface area contributed by atoms with Crippen LogP contribution in [0.4, 0.5) is 0 Å². The topological polar surface area (TPSA) is 82.4 Å². The van der Waals surface area contributed by atoms with E-state index < -0.39 is 0 Å². The molecule has 0 spiro atoms. The summed E-state index contributed by atoms with van der Waals surface area (Å²) in [6.07, 6.45) is 1.11. The maximum absolute atomic E-state index is 11.8. The Morgan fingerprint density at radius 1 is 1.48 bits per heavy atom. The van der Waals surface area contributed by atoms with Crippen LogP contribution in [0.2, 0.25) is 0 Å². The highest BCUT2D eigenvalue weighted by Gasteiger charge is 2.23. The Morgan fingerprint density at radius 3 is 2.81 bits per heavy atom. The number of rotatable bonds is 4. The van der Waals surface area contributed by atoms with E-state index in [0.29, 0.717) is 30.7 Å². The van der Waals surface area contributed by atoms with Gasteiger partial charge in [0.1, 0.15) is 5.75 Å². The Bertz CT molecular complexity index is 563. The van der Waals surface area contributed by atoms with Crippen LogP contribution in [0.5, 0.6) is 5.75 Å². The van der Waals surface area contributed by atoms with Crippen molar-refractivity contribution in [2.45, 2.75) is 18.9 Å². The Hall–Kier alpha value is -2.55. The molecule has 1 aromatic rings. The molecular formula is C15H17N3O3. The lowest BCUT2D eigenvalue weighted by atomic mass is 10.1. The lowest BCUT2D eigenvalue weighted by Crippen LogP contribution is -2.49. The highest BCUT2D eigenvalue weighted by atomic mass is 16.5. The predicted octanol–water partition coefficient (Wildman–Crippen LogP) is 0.674. The van der Waals surface area contributed by atoms with Crippen LogP contribution in [-0.2, 0) is 9.59 Å². The maximum atomic E-state index is 11.8. The van der Waals surface area contributed by atoms with Gasteiger partial charge in [0.05, 0.1) is 11.6 Å². The number of likely N-dealkylation sites (N-methyl/N-ethyl adjacent to an activating group) is 1. The Morgan fingerprint density at radius 2 is 2.19 bits per heavy atom. The molecule has 2 amide bonds. The number of carbonyl (C=O) groups excluding carboxylic acids is 2. The molecule has 6 heteroatoms. The second-order valence-corrected chi connectivity index (χ2v) is 5.00. The fourth-order valence-electron chi connectivity index (χ4n) is 2.17. The average Bonchev–Trinajstić information content (AvgIpc) is 2.49. The molecule has 21 heavy (non-hydrogen) atoms. The first-order valence-corrected chi connectivity index (χ1v) is 6.75. The fraction of sp³-hybridized carbons (Fsp3) is 0.400. The molecule has 1 heterocycles. The molecule has 1 aliphatic rings. The number of benzene rings is 1. The first-order chi connectivity index (χ1) is 10.1. The fourth-order valence-corrected chi connectivity index (χ4v) is 2.17. The van der Waals surface area contributed by atoms with E-state index in [1.165, 1.54) is 0 Å². The summed E-state index contributed by atoms with van der Waals surface area (Å²) in [6, 6.07) is 8.56. The molecule has 6 nitrogen and oxygen atoms in total. The van der Waals surface area contributed by atoms with Crippen molar-refractivity contribution < 1.29 is 14.3 Å². The molecule has 1 aromatic carbocycles. The molecule has 2 rings (SSSR count). The van der Waals surface area contributed by atoms with E-state index in [0.717, 1.165) is 0 Å². The monoisotopic (exact) mass is 287 g/mol. The van der Waals surface area contributed by atoms with Gasteiger partial charge in [-0.25, -0.2) is 0 Å². The molecule has 1 saturated heterocycles. The van der Waals surface area contributed by atoms with Crippen molar-refractivity contribution in [3.63, 3.8) is 0 Å². The van der Waals surface area contributed by atoms with Crippen LogP contribution in [0, 0.1) is 11.3 Å². The summed E-state index contributed by atoms with van der Waals surface area (Å²) in [5, 5.41) is 11.5. The maximum Gasteiger partial charge on any atom is 0.258 e. The zero-order valence-corrected chi connectivity index (χ0v) is 11.8. The van der Waals surface area contributed by atoms with Gasteiger partial charge in [0.2, 0.25) is 5.91 Å². The summed E-state index contributed by atoms with van der Waals surface area (Å²) >= 11 is 0. The van der Waals surface area contributed by atoms with Crippen molar-refractivity contribution >= 4 is 11.8 Å². The second kappa shape index (κ2) is 6.75. The summed E-state index contributed by atoms with van der Waals surface area (Å²) < 4.78 is 5.35. The number of carbonyl (C=O) groups is 2. The minimum atomic E-state index is -0.216. The SMILES string of the molecule is CN1CC(NC(=O)COc2ccc(C#N)cc2)CCC1=O. The average molecular weight is 287 g/mol. The third-order valence-electron chi connectivity index (χ3n) is 3.35.